The van der Waals surface area contributed by atoms with Gasteiger partial charge < -0.3 is 10.1 Å². The van der Waals surface area contributed by atoms with Gasteiger partial charge in [-0.3, -0.25) is 0 Å². The molecule has 1 fully saturated rings. The molecule has 4 rings (SSSR count). The minimum absolute atomic E-state index is 0.566. The van der Waals surface area contributed by atoms with Gasteiger partial charge in [-0.1, -0.05) is 0 Å². The summed E-state index contributed by atoms with van der Waals surface area (Å²) in [5.41, 5.74) is 1.70. The molecule has 0 bridgehead atoms. The van der Waals surface area contributed by atoms with E-state index >= 15 is 0 Å². The summed E-state index contributed by atoms with van der Waals surface area (Å²) in [7, 11) is 1.65. The lowest BCUT2D eigenvalue weighted by atomic mass is 10.2. The molecule has 0 atom stereocenters. The van der Waals surface area contributed by atoms with Gasteiger partial charge in [0.2, 0.25) is 0 Å². The molecular weight excluding hydrogens is 266 g/mol. The van der Waals surface area contributed by atoms with Crippen LogP contribution in [0.5, 0.6) is 5.75 Å². The Bertz CT molecular complexity index is 776. The number of ether oxygens (including phenoxy) is 1. The maximum absolute atomic E-state index is 5.18. The molecular formula is C15H15N5O. The Hall–Kier alpha value is -2.63. The molecule has 0 saturated heterocycles. The maximum atomic E-state index is 5.18. The van der Waals surface area contributed by atoms with E-state index in [1.165, 1.54) is 12.8 Å². The lowest BCUT2D eigenvalue weighted by Crippen LogP contribution is -2.06. The zero-order chi connectivity index (χ0) is 14.2. The van der Waals surface area contributed by atoms with Crippen molar-refractivity contribution in [2.45, 2.75) is 18.9 Å². The van der Waals surface area contributed by atoms with Gasteiger partial charge in [0.1, 0.15) is 11.6 Å². The maximum Gasteiger partial charge on any atom is 0.185 e. The van der Waals surface area contributed by atoms with Crippen LogP contribution in [0.3, 0.4) is 0 Å². The monoisotopic (exact) mass is 281 g/mol. The van der Waals surface area contributed by atoms with Crippen molar-refractivity contribution < 1.29 is 4.74 Å². The molecule has 2 aromatic heterocycles. The van der Waals surface area contributed by atoms with Crippen molar-refractivity contribution in [3.05, 3.63) is 36.4 Å². The average Bonchev–Trinajstić information content (AvgIpc) is 3.24. The molecule has 1 aliphatic rings. The molecule has 0 unspecified atom stereocenters. The predicted octanol–water partition coefficient (Wildman–Crippen LogP) is 2.37. The average molecular weight is 281 g/mol. The van der Waals surface area contributed by atoms with E-state index in [2.05, 4.69) is 20.6 Å². The first kappa shape index (κ1) is 12.1. The third-order valence-electron chi connectivity index (χ3n) is 3.54. The summed E-state index contributed by atoms with van der Waals surface area (Å²) in [4.78, 5) is 0. The van der Waals surface area contributed by atoms with Crippen LogP contribution in [0.25, 0.3) is 17.0 Å². The van der Waals surface area contributed by atoms with E-state index in [0.717, 1.165) is 28.6 Å². The molecule has 1 N–H and O–H groups in total. The van der Waals surface area contributed by atoms with Crippen molar-refractivity contribution in [3.8, 4) is 17.1 Å². The highest BCUT2D eigenvalue weighted by atomic mass is 16.5. The lowest BCUT2D eigenvalue weighted by Gasteiger charge is -2.05. The zero-order valence-corrected chi connectivity index (χ0v) is 11.7. The largest absolute Gasteiger partial charge is 0.497 e. The number of aromatic nitrogens is 4. The first-order chi connectivity index (χ1) is 10.3. The Balaban J connectivity index is 1.75. The summed E-state index contributed by atoms with van der Waals surface area (Å²) in [6.07, 6.45) is 2.43. The van der Waals surface area contributed by atoms with Crippen LogP contribution in [-0.4, -0.2) is 33.0 Å². The van der Waals surface area contributed by atoms with Crippen molar-refractivity contribution in [1.82, 2.24) is 19.8 Å². The van der Waals surface area contributed by atoms with Crippen LogP contribution < -0.4 is 10.1 Å². The predicted molar refractivity (Wildman–Crippen MR) is 79.4 cm³/mol. The van der Waals surface area contributed by atoms with Crippen molar-refractivity contribution in [3.63, 3.8) is 0 Å². The van der Waals surface area contributed by atoms with Crippen LogP contribution >= 0.6 is 0 Å². The van der Waals surface area contributed by atoms with Gasteiger partial charge in [-0.25, -0.2) is 0 Å². The van der Waals surface area contributed by atoms with Crippen LogP contribution in [0.1, 0.15) is 12.8 Å². The Morgan fingerprint density at radius 1 is 1.10 bits per heavy atom. The second-order valence-electron chi connectivity index (χ2n) is 5.16. The molecule has 0 radical (unpaired) electrons. The minimum atomic E-state index is 0.566. The number of anilines is 1. The fourth-order valence-electron chi connectivity index (χ4n) is 2.22. The lowest BCUT2D eigenvalue weighted by molar-refractivity contribution is 0.415. The van der Waals surface area contributed by atoms with Gasteiger partial charge in [-0.2, -0.15) is 4.52 Å². The van der Waals surface area contributed by atoms with Crippen LogP contribution in [0, 0.1) is 0 Å². The van der Waals surface area contributed by atoms with E-state index in [1.807, 2.05) is 36.4 Å². The fraction of sp³-hybridized carbons (Fsp3) is 0.267. The molecule has 3 aromatic rings. The highest BCUT2D eigenvalue weighted by Gasteiger charge is 2.21. The fourth-order valence-corrected chi connectivity index (χ4v) is 2.22. The number of rotatable bonds is 4. The van der Waals surface area contributed by atoms with E-state index in [4.69, 9.17) is 4.74 Å². The highest BCUT2D eigenvalue weighted by Crippen LogP contribution is 2.25. The molecule has 0 spiro atoms. The molecule has 6 nitrogen and oxygen atoms in total. The topological polar surface area (TPSA) is 64.3 Å². The van der Waals surface area contributed by atoms with Crippen molar-refractivity contribution in [1.29, 1.82) is 0 Å². The molecule has 106 valence electrons. The van der Waals surface area contributed by atoms with Crippen molar-refractivity contribution in [2.24, 2.45) is 0 Å². The molecule has 1 aliphatic carbocycles. The van der Waals surface area contributed by atoms with Gasteiger partial charge in [-0.05, 0) is 49.2 Å². The third kappa shape index (κ3) is 2.29. The first-order valence-corrected chi connectivity index (χ1v) is 6.97. The first-order valence-electron chi connectivity index (χ1n) is 6.97. The molecule has 21 heavy (non-hydrogen) atoms. The SMILES string of the molecule is COc1ccc(-c2nnc3ccc(NC4CC4)nn23)cc1. The summed E-state index contributed by atoms with van der Waals surface area (Å²) in [6.45, 7) is 0. The van der Waals surface area contributed by atoms with E-state index in [1.54, 1.807) is 11.6 Å². The van der Waals surface area contributed by atoms with E-state index < -0.39 is 0 Å². The summed E-state index contributed by atoms with van der Waals surface area (Å²) < 4.78 is 6.95. The van der Waals surface area contributed by atoms with E-state index in [9.17, 15) is 0 Å². The zero-order valence-electron chi connectivity index (χ0n) is 11.7. The molecule has 1 aromatic carbocycles. The number of nitrogens with zero attached hydrogens (tertiary/aromatic N) is 4. The number of hydrogen-bond acceptors (Lipinski definition) is 5. The highest BCUT2D eigenvalue weighted by molar-refractivity contribution is 5.60. The van der Waals surface area contributed by atoms with Crippen LogP contribution in [-0.2, 0) is 0 Å². The Morgan fingerprint density at radius 2 is 1.90 bits per heavy atom. The Morgan fingerprint density at radius 3 is 2.62 bits per heavy atom. The normalized spacial score (nSPS) is 14.3. The molecule has 0 amide bonds. The number of methoxy groups -OCH3 is 1. The number of nitrogens with one attached hydrogen (secondary N) is 1. The van der Waals surface area contributed by atoms with Gasteiger partial charge in [0.05, 0.1) is 7.11 Å². The number of fused-ring (bicyclic) bond motifs is 1. The van der Waals surface area contributed by atoms with Crippen LogP contribution in [0.4, 0.5) is 5.82 Å². The molecule has 0 aliphatic heterocycles. The molecule has 6 heteroatoms. The van der Waals surface area contributed by atoms with E-state index in [0.29, 0.717) is 6.04 Å². The quantitative estimate of drug-likeness (QED) is 0.795. The van der Waals surface area contributed by atoms with Crippen LogP contribution in [0.2, 0.25) is 0 Å². The second kappa shape index (κ2) is 4.73. The van der Waals surface area contributed by atoms with Crippen LogP contribution in [0.15, 0.2) is 36.4 Å². The Kier molecular flexibility index (Phi) is 2.73. The number of hydrogen-bond donors (Lipinski definition) is 1. The van der Waals surface area contributed by atoms with Gasteiger partial charge in [0, 0.05) is 11.6 Å². The standard InChI is InChI=1S/C15H15N5O/c1-21-12-6-2-10(3-7-12)15-18-17-14-9-8-13(19-20(14)15)16-11-4-5-11/h2-3,6-9,11H,4-5H2,1H3,(H,16,19). The van der Waals surface area contributed by atoms with Crippen molar-refractivity contribution in [2.75, 3.05) is 12.4 Å². The summed E-state index contributed by atoms with van der Waals surface area (Å²) >= 11 is 0. The summed E-state index contributed by atoms with van der Waals surface area (Å²) in [6, 6.07) is 12.2. The second-order valence-corrected chi connectivity index (χ2v) is 5.16. The molecule has 1 saturated carbocycles. The smallest absolute Gasteiger partial charge is 0.185 e. The number of benzene rings is 1. The van der Waals surface area contributed by atoms with E-state index in [-0.39, 0.29) is 0 Å². The summed E-state index contributed by atoms with van der Waals surface area (Å²) in [5.74, 6) is 2.41. The van der Waals surface area contributed by atoms with Gasteiger partial charge in [0.15, 0.2) is 11.5 Å². The third-order valence-corrected chi connectivity index (χ3v) is 3.54. The minimum Gasteiger partial charge on any atom is -0.497 e. The van der Waals surface area contributed by atoms with Gasteiger partial charge >= 0.3 is 0 Å². The molecule has 2 heterocycles. The van der Waals surface area contributed by atoms with Gasteiger partial charge in [-0.15, -0.1) is 15.3 Å². The summed E-state index contributed by atoms with van der Waals surface area (Å²) in [5, 5.41) is 16.4. The Labute approximate surface area is 121 Å². The van der Waals surface area contributed by atoms with Crippen molar-refractivity contribution >= 4 is 11.5 Å². The van der Waals surface area contributed by atoms with Gasteiger partial charge in [0.25, 0.3) is 0 Å².